The van der Waals surface area contributed by atoms with Crippen LogP contribution >= 0.6 is 0 Å². The number of nitro benzene ring substituents is 1. The molecule has 0 saturated heterocycles. The predicted octanol–water partition coefficient (Wildman–Crippen LogP) is 2.20. The van der Waals surface area contributed by atoms with Gasteiger partial charge < -0.3 is 15.7 Å². The summed E-state index contributed by atoms with van der Waals surface area (Å²) >= 11 is 0. The number of benzene rings is 1. The van der Waals surface area contributed by atoms with Crippen LogP contribution in [0.3, 0.4) is 0 Å². The van der Waals surface area contributed by atoms with Crippen molar-refractivity contribution in [2.45, 2.75) is 33.2 Å². The number of carboxylic acid groups (broad SMARTS) is 1. The van der Waals surface area contributed by atoms with E-state index < -0.39 is 22.5 Å². The van der Waals surface area contributed by atoms with E-state index in [0.717, 1.165) is 0 Å². The summed E-state index contributed by atoms with van der Waals surface area (Å²) in [6.45, 7) is 5.87. The minimum atomic E-state index is -1.42. The number of aryl methyl sites for hydroxylation is 2. The Morgan fingerprint density at radius 1 is 1.24 bits per heavy atom. The highest BCUT2D eigenvalue weighted by atomic mass is 16.6. The first-order chi connectivity index (χ1) is 9.54. The maximum atomic E-state index is 11.8. The second-order valence-corrected chi connectivity index (χ2v) is 5.22. The van der Waals surface area contributed by atoms with E-state index in [0.29, 0.717) is 16.8 Å². The highest BCUT2D eigenvalue weighted by Gasteiger charge is 2.29. The van der Waals surface area contributed by atoms with Crippen molar-refractivity contribution < 1.29 is 19.6 Å². The molecule has 0 spiro atoms. The Balaban J connectivity index is 2.94. The summed E-state index contributed by atoms with van der Waals surface area (Å²) in [4.78, 5) is 33.0. The number of rotatable bonds is 4. The zero-order valence-electron chi connectivity index (χ0n) is 12.2. The normalized spacial score (nSPS) is 10.9. The Morgan fingerprint density at radius 2 is 1.81 bits per heavy atom. The van der Waals surface area contributed by atoms with Crippen LogP contribution < -0.4 is 10.6 Å². The van der Waals surface area contributed by atoms with Crippen LogP contribution in [0.2, 0.25) is 0 Å². The number of urea groups is 1. The Hall–Kier alpha value is -2.64. The summed E-state index contributed by atoms with van der Waals surface area (Å²) in [5.74, 6) is -1.17. The summed E-state index contributed by atoms with van der Waals surface area (Å²) in [6.07, 6.45) is 0. The van der Waals surface area contributed by atoms with Crippen molar-refractivity contribution in [3.05, 3.63) is 33.4 Å². The molecule has 8 nitrogen and oxygen atoms in total. The molecule has 114 valence electrons. The van der Waals surface area contributed by atoms with Crippen molar-refractivity contribution in [3.8, 4) is 0 Å². The monoisotopic (exact) mass is 295 g/mol. The maximum absolute atomic E-state index is 11.8. The molecule has 2 amide bonds. The molecule has 0 aromatic heterocycles. The molecule has 0 fully saturated rings. The molecule has 0 aliphatic carbocycles. The zero-order valence-corrected chi connectivity index (χ0v) is 12.2. The topological polar surface area (TPSA) is 122 Å². The third-order valence-electron chi connectivity index (χ3n) is 2.95. The molecular weight excluding hydrogens is 278 g/mol. The molecule has 0 saturated carbocycles. The first-order valence-electron chi connectivity index (χ1n) is 6.13. The Labute approximate surface area is 121 Å². The predicted molar refractivity (Wildman–Crippen MR) is 76.4 cm³/mol. The van der Waals surface area contributed by atoms with Gasteiger partial charge in [0.1, 0.15) is 5.54 Å². The number of hydrogen-bond acceptors (Lipinski definition) is 4. The van der Waals surface area contributed by atoms with Gasteiger partial charge >= 0.3 is 12.0 Å². The lowest BCUT2D eigenvalue weighted by molar-refractivity contribution is -0.385. The largest absolute Gasteiger partial charge is 0.480 e. The van der Waals surface area contributed by atoms with Crippen LogP contribution in [0.15, 0.2) is 12.1 Å². The number of anilines is 1. The lowest BCUT2D eigenvalue weighted by Gasteiger charge is -2.21. The van der Waals surface area contributed by atoms with Crippen LogP contribution in [-0.4, -0.2) is 27.6 Å². The molecule has 0 atom stereocenters. The Kier molecular flexibility index (Phi) is 4.52. The number of hydrogen-bond donors (Lipinski definition) is 3. The quantitative estimate of drug-likeness (QED) is 0.580. The van der Waals surface area contributed by atoms with E-state index in [2.05, 4.69) is 10.6 Å². The maximum Gasteiger partial charge on any atom is 0.328 e. The van der Waals surface area contributed by atoms with Crippen molar-refractivity contribution in [1.29, 1.82) is 0 Å². The average molecular weight is 295 g/mol. The van der Waals surface area contributed by atoms with Gasteiger partial charge in [-0.05, 0) is 39.3 Å². The van der Waals surface area contributed by atoms with Crippen molar-refractivity contribution in [1.82, 2.24) is 5.32 Å². The number of nitro groups is 1. The molecule has 0 heterocycles. The molecule has 0 aliphatic rings. The number of carbonyl (C=O) groups excluding carboxylic acids is 1. The number of carbonyl (C=O) groups is 2. The number of amides is 2. The first kappa shape index (κ1) is 16.4. The third-order valence-corrected chi connectivity index (χ3v) is 2.95. The SMILES string of the molecule is Cc1cc([N+](=O)[O-])c(C)cc1NC(=O)NC(C)(C)C(=O)O. The molecule has 0 unspecified atom stereocenters. The van der Waals surface area contributed by atoms with Gasteiger partial charge in [0.15, 0.2) is 0 Å². The molecule has 0 radical (unpaired) electrons. The third kappa shape index (κ3) is 3.91. The molecule has 21 heavy (non-hydrogen) atoms. The summed E-state index contributed by atoms with van der Waals surface area (Å²) < 4.78 is 0. The van der Waals surface area contributed by atoms with E-state index in [1.807, 2.05) is 0 Å². The molecule has 1 aromatic carbocycles. The molecule has 1 rings (SSSR count). The van der Waals surface area contributed by atoms with Gasteiger partial charge in [0.2, 0.25) is 0 Å². The second-order valence-electron chi connectivity index (χ2n) is 5.22. The van der Waals surface area contributed by atoms with Crippen molar-refractivity contribution in [3.63, 3.8) is 0 Å². The van der Waals surface area contributed by atoms with Crippen LogP contribution in [0.4, 0.5) is 16.2 Å². The minimum absolute atomic E-state index is 0.0377. The van der Waals surface area contributed by atoms with Gasteiger partial charge in [-0.15, -0.1) is 0 Å². The molecule has 0 aliphatic heterocycles. The van der Waals surface area contributed by atoms with E-state index in [-0.39, 0.29) is 5.69 Å². The fraction of sp³-hybridized carbons (Fsp3) is 0.385. The van der Waals surface area contributed by atoms with Crippen LogP contribution in [0.5, 0.6) is 0 Å². The van der Waals surface area contributed by atoms with Crippen LogP contribution in [-0.2, 0) is 4.79 Å². The molecule has 1 aromatic rings. The minimum Gasteiger partial charge on any atom is -0.480 e. The molecule has 3 N–H and O–H groups in total. The van der Waals surface area contributed by atoms with Crippen molar-refractivity contribution in [2.75, 3.05) is 5.32 Å². The number of nitrogens with zero attached hydrogens (tertiary/aromatic N) is 1. The summed E-state index contributed by atoms with van der Waals surface area (Å²) in [5.41, 5.74) is -0.163. The van der Waals surface area contributed by atoms with Gasteiger partial charge in [0, 0.05) is 17.3 Å². The smallest absolute Gasteiger partial charge is 0.328 e. The highest BCUT2D eigenvalue weighted by Crippen LogP contribution is 2.25. The number of nitrogens with one attached hydrogen (secondary N) is 2. The Bertz CT molecular complexity index is 610. The fourth-order valence-corrected chi connectivity index (χ4v) is 1.62. The molecular formula is C13H17N3O5. The van der Waals surface area contributed by atoms with E-state index in [1.54, 1.807) is 13.8 Å². The van der Waals surface area contributed by atoms with Crippen molar-refractivity contribution in [2.24, 2.45) is 0 Å². The highest BCUT2D eigenvalue weighted by molar-refractivity contribution is 5.94. The standard InChI is InChI=1S/C13H17N3O5/c1-7-6-10(16(20)21)8(2)5-9(7)14-12(19)15-13(3,4)11(17)18/h5-6H,1-4H3,(H,17,18)(H2,14,15,19). The van der Waals surface area contributed by atoms with Gasteiger partial charge in [0.25, 0.3) is 5.69 Å². The van der Waals surface area contributed by atoms with E-state index in [4.69, 9.17) is 5.11 Å². The van der Waals surface area contributed by atoms with Gasteiger partial charge in [-0.2, -0.15) is 0 Å². The summed E-state index contributed by atoms with van der Waals surface area (Å²) in [7, 11) is 0. The lowest BCUT2D eigenvalue weighted by Crippen LogP contribution is -2.51. The molecule has 0 bridgehead atoms. The molecule has 8 heteroatoms. The van der Waals surface area contributed by atoms with Crippen LogP contribution in [0, 0.1) is 24.0 Å². The van der Waals surface area contributed by atoms with Gasteiger partial charge in [-0.3, -0.25) is 10.1 Å². The second kappa shape index (κ2) is 5.78. The first-order valence-corrected chi connectivity index (χ1v) is 6.13. The zero-order chi connectivity index (χ0) is 16.4. The van der Waals surface area contributed by atoms with Gasteiger partial charge in [0.05, 0.1) is 4.92 Å². The summed E-state index contributed by atoms with van der Waals surface area (Å²) in [5, 5.41) is 24.5. The van der Waals surface area contributed by atoms with E-state index in [9.17, 15) is 19.7 Å². The average Bonchev–Trinajstić information content (AvgIpc) is 2.31. The van der Waals surface area contributed by atoms with E-state index >= 15 is 0 Å². The number of aliphatic carboxylic acids is 1. The Morgan fingerprint density at radius 3 is 2.29 bits per heavy atom. The van der Waals surface area contributed by atoms with Crippen molar-refractivity contribution >= 4 is 23.4 Å². The van der Waals surface area contributed by atoms with Gasteiger partial charge in [-0.25, -0.2) is 9.59 Å². The van der Waals surface area contributed by atoms with Gasteiger partial charge in [-0.1, -0.05) is 0 Å². The lowest BCUT2D eigenvalue weighted by atomic mass is 10.1. The van der Waals surface area contributed by atoms with E-state index in [1.165, 1.54) is 26.0 Å². The number of carboxylic acids is 1. The van der Waals surface area contributed by atoms with Crippen LogP contribution in [0.25, 0.3) is 0 Å². The summed E-state index contributed by atoms with van der Waals surface area (Å²) in [6, 6.07) is 2.13. The van der Waals surface area contributed by atoms with Crippen LogP contribution in [0.1, 0.15) is 25.0 Å². The fourth-order valence-electron chi connectivity index (χ4n) is 1.62.